The number of primary amides is 1. The summed E-state index contributed by atoms with van der Waals surface area (Å²) in [7, 11) is 0. The molecule has 0 radical (unpaired) electrons. The first-order valence-corrected chi connectivity index (χ1v) is 14.2. The maximum atomic E-state index is 15.3. The van der Waals surface area contributed by atoms with Gasteiger partial charge in [0.25, 0.3) is 5.91 Å². The van der Waals surface area contributed by atoms with Crippen LogP contribution in [-0.2, 0) is 13.0 Å². The lowest BCUT2D eigenvalue weighted by molar-refractivity contribution is 0.0938. The van der Waals surface area contributed by atoms with Gasteiger partial charge < -0.3 is 16.0 Å². The molecule has 0 aliphatic carbocycles. The van der Waals surface area contributed by atoms with Crippen LogP contribution in [0.4, 0.5) is 10.1 Å². The molecule has 6 heteroatoms. The molecular weight excluding hydrogens is 525 g/mol. The third-order valence-electron chi connectivity index (χ3n) is 8.10. The quantitative estimate of drug-likeness (QED) is 0.222. The highest BCUT2D eigenvalue weighted by molar-refractivity contribution is 6.00. The van der Waals surface area contributed by atoms with Crippen molar-refractivity contribution in [2.45, 2.75) is 32.4 Å². The molecule has 0 saturated carbocycles. The summed E-state index contributed by atoms with van der Waals surface area (Å²) in [6.07, 6.45) is 1.77. The molecule has 0 unspecified atom stereocenters. The van der Waals surface area contributed by atoms with E-state index < -0.39 is 5.91 Å². The third kappa shape index (κ3) is 5.48. The molecule has 0 spiro atoms. The summed E-state index contributed by atoms with van der Waals surface area (Å²) in [5.41, 5.74) is 11.4. The Hall–Kier alpha value is -4.97. The maximum Gasteiger partial charge on any atom is 0.251 e. The molecule has 1 atom stereocenters. The Morgan fingerprint density at radius 2 is 1.69 bits per heavy atom. The molecule has 5 aromatic carbocycles. The minimum atomic E-state index is -0.545. The molecule has 1 heterocycles. The van der Waals surface area contributed by atoms with Gasteiger partial charge in [0.1, 0.15) is 5.82 Å². The number of nitrogens with two attached hydrogens (primary N) is 1. The van der Waals surface area contributed by atoms with Gasteiger partial charge in [-0.1, -0.05) is 66.7 Å². The Labute approximate surface area is 244 Å². The van der Waals surface area contributed by atoms with Crippen LogP contribution in [0.3, 0.4) is 0 Å². The lowest BCUT2D eigenvalue weighted by Gasteiger charge is -2.32. The van der Waals surface area contributed by atoms with Crippen LogP contribution >= 0.6 is 0 Å². The lowest BCUT2D eigenvalue weighted by Crippen LogP contribution is -2.30. The fourth-order valence-electron chi connectivity index (χ4n) is 5.82. The number of hydrogen-bond acceptors (Lipinski definition) is 3. The molecule has 1 aliphatic heterocycles. The van der Waals surface area contributed by atoms with Crippen LogP contribution in [0.25, 0.3) is 21.9 Å². The monoisotopic (exact) mass is 557 g/mol. The van der Waals surface area contributed by atoms with Crippen LogP contribution < -0.4 is 16.0 Å². The zero-order valence-electron chi connectivity index (χ0n) is 23.4. The largest absolute Gasteiger partial charge is 0.367 e. The zero-order chi connectivity index (χ0) is 29.2. The van der Waals surface area contributed by atoms with E-state index in [-0.39, 0.29) is 17.8 Å². The van der Waals surface area contributed by atoms with Crippen LogP contribution in [0, 0.1) is 5.82 Å². The first-order valence-electron chi connectivity index (χ1n) is 14.2. The van der Waals surface area contributed by atoms with Gasteiger partial charge in [-0.15, -0.1) is 0 Å². The lowest BCUT2D eigenvalue weighted by atomic mass is 9.96. The van der Waals surface area contributed by atoms with E-state index in [4.69, 9.17) is 5.73 Å². The van der Waals surface area contributed by atoms with Crippen molar-refractivity contribution in [2.75, 3.05) is 11.4 Å². The highest BCUT2D eigenvalue weighted by Crippen LogP contribution is 2.32. The maximum absolute atomic E-state index is 15.3. The number of anilines is 1. The van der Waals surface area contributed by atoms with Gasteiger partial charge in [0.2, 0.25) is 5.91 Å². The number of benzene rings is 5. The number of amides is 2. The molecule has 5 nitrogen and oxygen atoms in total. The Balaban J connectivity index is 1.17. The summed E-state index contributed by atoms with van der Waals surface area (Å²) in [4.78, 5) is 27.2. The average Bonchev–Trinajstić information content (AvgIpc) is 3.01. The zero-order valence-corrected chi connectivity index (χ0v) is 23.4. The standard InChI is InChI=1S/C36H32FN3O2/c1-23(25-13-12-24-7-2-3-8-26(24)19-25)39-36(42)29-16-17-34-28(20-29)9-6-18-40(34)22-30-15-14-27(21-33(30)37)31-10-4-5-11-32(31)35(38)41/h2-5,7-8,10-17,19-21,23H,6,9,18,22H2,1H3,(H2,38,41)(H,39,42)/t23-/m0/s1. The van der Waals surface area contributed by atoms with E-state index in [9.17, 15) is 9.59 Å². The van der Waals surface area contributed by atoms with E-state index in [1.165, 1.54) is 11.5 Å². The van der Waals surface area contributed by atoms with Crippen molar-refractivity contribution >= 4 is 28.3 Å². The van der Waals surface area contributed by atoms with Crippen LogP contribution in [0.15, 0.2) is 103 Å². The minimum Gasteiger partial charge on any atom is -0.367 e. The Morgan fingerprint density at radius 1 is 0.905 bits per heavy atom. The first-order chi connectivity index (χ1) is 20.4. The van der Waals surface area contributed by atoms with E-state index in [1.807, 2.05) is 43.3 Å². The fourth-order valence-corrected chi connectivity index (χ4v) is 5.82. The van der Waals surface area contributed by atoms with E-state index >= 15 is 4.39 Å². The van der Waals surface area contributed by atoms with Crippen molar-refractivity contribution in [3.8, 4) is 11.1 Å². The highest BCUT2D eigenvalue weighted by atomic mass is 19.1. The molecule has 0 bridgehead atoms. The number of nitrogens with one attached hydrogen (secondary N) is 1. The van der Waals surface area contributed by atoms with Crippen molar-refractivity contribution in [1.29, 1.82) is 0 Å². The summed E-state index contributed by atoms with van der Waals surface area (Å²) in [6.45, 7) is 3.19. The molecule has 1 aliphatic rings. The minimum absolute atomic E-state index is 0.117. The summed E-state index contributed by atoms with van der Waals surface area (Å²) in [6, 6.07) is 32.1. The van der Waals surface area contributed by atoms with E-state index in [0.717, 1.165) is 41.6 Å². The van der Waals surface area contributed by atoms with E-state index in [1.54, 1.807) is 30.3 Å². The number of carbonyl (C=O) groups is 2. The average molecular weight is 558 g/mol. The number of aryl methyl sites for hydroxylation is 1. The normalized spacial score (nSPS) is 13.4. The molecule has 42 heavy (non-hydrogen) atoms. The summed E-state index contributed by atoms with van der Waals surface area (Å²) in [5.74, 6) is -0.998. The fraction of sp³-hybridized carbons (Fsp3) is 0.167. The highest BCUT2D eigenvalue weighted by Gasteiger charge is 2.21. The molecule has 6 rings (SSSR count). The predicted molar refractivity (Wildman–Crippen MR) is 166 cm³/mol. The smallest absolute Gasteiger partial charge is 0.251 e. The molecule has 210 valence electrons. The van der Waals surface area contributed by atoms with Gasteiger partial charge in [-0.05, 0) is 89.2 Å². The van der Waals surface area contributed by atoms with E-state index in [2.05, 4.69) is 40.5 Å². The Bertz CT molecular complexity index is 1820. The summed E-state index contributed by atoms with van der Waals surface area (Å²) >= 11 is 0. The van der Waals surface area contributed by atoms with Crippen LogP contribution in [0.5, 0.6) is 0 Å². The van der Waals surface area contributed by atoms with Gasteiger partial charge in [0.15, 0.2) is 0 Å². The second-order valence-electron chi connectivity index (χ2n) is 10.9. The van der Waals surface area contributed by atoms with Gasteiger partial charge in [-0.2, -0.15) is 0 Å². The van der Waals surface area contributed by atoms with Crippen LogP contribution in [0.2, 0.25) is 0 Å². The Kier molecular flexibility index (Phi) is 7.44. The molecule has 3 N–H and O–H groups in total. The number of hydrogen-bond donors (Lipinski definition) is 2. The van der Waals surface area contributed by atoms with E-state index in [0.29, 0.717) is 34.4 Å². The van der Waals surface area contributed by atoms with Gasteiger partial charge in [0, 0.05) is 35.5 Å². The van der Waals surface area contributed by atoms with Crippen molar-refractivity contribution < 1.29 is 14.0 Å². The number of rotatable bonds is 7. The molecular formula is C36H32FN3O2. The third-order valence-corrected chi connectivity index (χ3v) is 8.10. The van der Waals surface area contributed by atoms with Gasteiger partial charge in [-0.25, -0.2) is 4.39 Å². The van der Waals surface area contributed by atoms with Gasteiger partial charge >= 0.3 is 0 Å². The topological polar surface area (TPSA) is 75.4 Å². The molecule has 0 aromatic heterocycles. The number of halogens is 1. The molecule has 0 saturated heterocycles. The molecule has 5 aromatic rings. The summed E-state index contributed by atoms with van der Waals surface area (Å²) in [5, 5.41) is 5.46. The Morgan fingerprint density at radius 3 is 2.50 bits per heavy atom. The molecule has 0 fully saturated rings. The van der Waals surface area contributed by atoms with Gasteiger partial charge in [0.05, 0.1) is 6.04 Å². The van der Waals surface area contributed by atoms with Crippen LogP contribution in [0.1, 0.15) is 56.8 Å². The van der Waals surface area contributed by atoms with Crippen molar-refractivity contribution in [3.63, 3.8) is 0 Å². The van der Waals surface area contributed by atoms with Crippen molar-refractivity contribution in [2.24, 2.45) is 5.73 Å². The number of carbonyl (C=O) groups excluding carboxylic acids is 2. The summed E-state index contributed by atoms with van der Waals surface area (Å²) < 4.78 is 15.3. The van der Waals surface area contributed by atoms with Crippen molar-refractivity contribution in [1.82, 2.24) is 5.32 Å². The van der Waals surface area contributed by atoms with Crippen LogP contribution in [-0.4, -0.2) is 18.4 Å². The van der Waals surface area contributed by atoms with Gasteiger partial charge in [-0.3, -0.25) is 9.59 Å². The second kappa shape index (κ2) is 11.5. The van der Waals surface area contributed by atoms with Crippen molar-refractivity contribution in [3.05, 3.63) is 137 Å². The molecule has 2 amide bonds. The SMILES string of the molecule is C[C@H](NC(=O)c1ccc2c(c1)CCCN2Cc1ccc(-c2ccccc2C(N)=O)cc1F)c1ccc2ccccc2c1. The second-order valence-corrected chi connectivity index (χ2v) is 10.9. The predicted octanol–water partition coefficient (Wildman–Crippen LogP) is 7.19. The number of fused-ring (bicyclic) bond motifs is 2. The first kappa shape index (κ1) is 27.2. The number of nitrogens with zero attached hydrogens (tertiary/aromatic N) is 1.